The molecule has 1 fully saturated rings. The van der Waals surface area contributed by atoms with Gasteiger partial charge in [-0.05, 0) is 18.2 Å². The van der Waals surface area contributed by atoms with E-state index in [0.717, 1.165) is 11.3 Å². The van der Waals surface area contributed by atoms with Crippen LogP contribution in [0.4, 0.5) is 19.1 Å². The number of aromatic nitrogens is 5. The van der Waals surface area contributed by atoms with Crippen LogP contribution < -0.4 is 4.90 Å². The number of pyridine rings is 1. The summed E-state index contributed by atoms with van der Waals surface area (Å²) in [5.41, 5.74) is 1.69. The fourth-order valence-corrected chi connectivity index (χ4v) is 2.91. The summed E-state index contributed by atoms with van der Waals surface area (Å²) in [5.74, 6) is -0.754. The molecule has 1 aliphatic rings. The highest BCUT2D eigenvalue weighted by atomic mass is 19.4. The molecule has 28 heavy (non-hydrogen) atoms. The minimum atomic E-state index is -4.62. The van der Waals surface area contributed by atoms with Crippen molar-refractivity contribution >= 4 is 5.95 Å². The molecule has 0 radical (unpaired) electrons. The van der Waals surface area contributed by atoms with Gasteiger partial charge < -0.3 is 9.32 Å². The van der Waals surface area contributed by atoms with Crippen LogP contribution in [0.1, 0.15) is 11.8 Å². The number of piperazine rings is 1. The monoisotopic (exact) mass is 391 g/mol. The van der Waals surface area contributed by atoms with Crippen molar-refractivity contribution in [1.29, 1.82) is 0 Å². The molecule has 3 aromatic heterocycles. The summed E-state index contributed by atoms with van der Waals surface area (Å²) in [6.45, 7) is 2.68. The number of halogens is 3. The molecule has 0 aliphatic carbocycles. The van der Waals surface area contributed by atoms with Gasteiger partial charge in [-0.1, -0.05) is 0 Å². The van der Waals surface area contributed by atoms with E-state index in [1.807, 2.05) is 28.0 Å². The van der Waals surface area contributed by atoms with Crippen molar-refractivity contribution in [1.82, 2.24) is 30.0 Å². The standard InChI is InChI=1S/C17H16F3N7O/c18-17(19,20)15-25-24-14(28-15)11-26-6-8-27(9-7-26)16-22-5-3-13(23-16)12-2-1-4-21-10-12/h1-5,10H,6-9,11H2. The molecule has 1 aliphatic heterocycles. The van der Waals surface area contributed by atoms with Gasteiger partial charge in [-0.2, -0.15) is 13.2 Å². The van der Waals surface area contributed by atoms with Crippen LogP contribution in [0, 0.1) is 0 Å². The Labute approximate surface area is 158 Å². The van der Waals surface area contributed by atoms with Crippen LogP contribution in [0.5, 0.6) is 0 Å². The number of hydrogen-bond acceptors (Lipinski definition) is 8. The fraction of sp³-hybridized carbons (Fsp3) is 0.353. The van der Waals surface area contributed by atoms with E-state index in [1.54, 1.807) is 18.6 Å². The Morgan fingerprint density at radius 2 is 1.86 bits per heavy atom. The van der Waals surface area contributed by atoms with E-state index < -0.39 is 12.1 Å². The first-order valence-corrected chi connectivity index (χ1v) is 8.59. The molecule has 146 valence electrons. The smallest absolute Gasteiger partial charge is 0.416 e. The Morgan fingerprint density at radius 1 is 1.04 bits per heavy atom. The van der Waals surface area contributed by atoms with Crippen molar-refractivity contribution in [2.75, 3.05) is 31.1 Å². The van der Waals surface area contributed by atoms with Crippen molar-refractivity contribution in [2.24, 2.45) is 0 Å². The predicted octanol–water partition coefficient (Wildman–Crippen LogP) is 2.26. The van der Waals surface area contributed by atoms with Crippen LogP contribution in [0.3, 0.4) is 0 Å². The highest BCUT2D eigenvalue weighted by molar-refractivity contribution is 5.58. The molecule has 1 saturated heterocycles. The number of nitrogens with zero attached hydrogens (tertiary/aromatic N) is 7. The van der Waals surface area contributed by atoms with Crippen LogP contribution in [0.15, 0.2) is 41.2 Å². The Morgan fingerprint density at radius 3 is 2.54 bits per heavy atom. The second-order valence-electron chi connectivity index (χ2n) is 6.25. The van der Waals surface area contributed by atoms with E-state index in [1.165, 1.54) is 0 Å². The van der Waals surface area contributed by atoms with Crippen molar-refractivity contribution < 1.29 is 17.6 Å². The van der Waals surface area contributed by atoms with Gasteiger partial charge in [0.05, 0.1) is 12.2 Å². The van der Waals surface area contributed by atoms with E-state index in [2.05, 4.69) is 25.1 Å². The van der Waals surface area contributed by atoms with Gasteiger partial charge in [0, 0.05) is 50.3 Å². The topological polar surface area (TPSA) is 84.1 Å². The van der Waals surface area contributed by atoms with Crippen LogP contribution in [-0.2, 0) is 12.7 Å². The minimum absolute atomic E-state index is 0.0457. The molecule has 4 rings (SSSR count). The zero-order valence-corrected chi connectivity index (χ0v) is 14.7. The molecule has 8 nitrogen and oxygen atoms in total. The molecule has 0 saturated carbocycles. The second-order valence-corrected chi connectivity index (χ2v) is 6.25. The maximum absolute atomic E-state index is 12.5. The van der Waals surface area contributed by atoms with Crippen LogP contribution in [0.2, 0.25) is 0 Å². The first-order chi connectivity index (χ1) is 13.5. The summed E-state index contributed by atoms with van der Waals surface area (Å²) in [6.07, 6.45) is 0.518. The highest BCUT2D eigenvalue weighted by Crippen LogP contribution is 2.28. The maximum Gasteiger partial charge on any atom is 0.470 e. The van der Waals surface area contributed by atoms with Gasteiger partial charge in [0.2, 0.25) is 11.8 Å². The number of rotatable bonds is 4. The SMILES string of the molecule is FC(F)(F)c1nnc(CN2CCN(c3nccc(-c4cccnc4)n3)CC2)o1. The van der Waals surface area contributed by atoms with Gasteiger partial charge in [0.1, 0.15) is 0 Å². The minimum Gasteiger partial charge on any atom is -0.416 e. The number of hydrogen-bond donors (Lipinski definition) is 0. The summed E-state index contributed by atoms with van der Waals surface area (Å²) in [4.78, 5) is 17.0. The van der Waals surface area contributed by atoms with E-state index in [9.17, 15) is 13.2 Å². The zero-order chi connectivity index (χ0) is 19.6. The Kier molecular flexibility index (Phi) is 4.90. The molecule has 0 N–H and O–H groups in total. The van der Waals surface area contributed by atoms with E-state index >= 15 is 0 Å². The van der Waals surface area contributed by atoms with Gasteiger partial charge in [0.25, 0.3) is 0 Å². The lowest BCUT2D eigenvalue weighted by Crippen LogP contribution is -2.46. The first-order valence-electron chi connectivity index (χ1n) is 8.59. The quantitative estimate of drug-likeness (QED) is 0.670. The Hall–Kier alpha value is -3.08. The van der Waals surface area contributed by atoms with Crippen molar-refractivity contribution in [3.05, 3.63) is 48.6 Å². The average molecular weight is 391 g/mol. The molecular weight excluding hydrogens is 375 g/mol. The largest absolute Gasteiger partial charge is 0.470 e. The third-order valence-electron chi connectivity index (χ3n) is 4.32. The molecule has 0 spiro atoms. The Balaban J connectivity index is 1.37. The summed E-state index contributed by atoms with van der Waals surface area (Å²) in [5, 5.41) is 6.53. The summed E-state index contributed by atoms with van der Waals surface area (Å²) < 4.78 is 42.3. The molecule has 4 heterocycles. The maximum atomic E-state index is 12.5. The second kappa shape index (κ2) is 7.50. The fourth-order valence-electron chi connectivity index (χ4n) is 2.91. The van der Waals surface area contributed by atoms with Gasteiger partial charge >= 0.3 is 12.1 Å². The first kappa shape index (κ1) is 18.3. The lowest BCUT2D eigenvalue weighted by molar-refractivity contribution is -0.157. The van der Waals surface area contributed by atoms with Gasteiger partial charge in [-0.15, -0.1) is 10.2 Å². The summed E-state index contributed by atoms with van der Waals surface area (Å²) in [6, 6.07) is 5.60. The predicted molar refractivity (Wildman–Crippen MR) is 92.1 cm³/mol. The van der Waals surface area contributed by atoms with Gasteiger partial charge in [0.15, 0.2) is 0 Å². The molecular formula is C17H16F3N7O. The lowest BCUT2D eigenvalue weighted by atomic mass is 10.2. The van der Waals surface area contributed by atoms with Gasteiger partial charge in [-0.3, -0.25) is 9.88 Å². The average Bonchev–Trinajstić information content (AvgIpc) is 3.18. The third kappa shape index (κ3) is 4.09. The molecule has 0 amide bonds. The molecule has 0 aromatic carbocycles. The summed E-state index contributed by atoms with van der Waals surface area (Å²) in [7, 11) is 0. The van der Waals surface area contributed by atoms with Crippen LogP contribution in [-0.4, -0.2) is 56.2 Å². The highest BCUT2D eigenvalue weighted by Gasteiger charge is 2.38. The molecule has 3 aromatic rings. The Bertz CT molecular complexity index is 924. The normalized spacial score (nSPS) is 15.8. The molecule has 11 heteroatoms. The van der Waals surface area contributed by atoms with E-state index in [-0.39, 0.29) is 12.4 Å². The van der Waals surface area contributed by atoms with Crippen molar-refractivity contribution in [3.63, 3.8) is 0 Å². The van der Waals surface area contributed by atoms with Crippen molar-refractivity contribution in [2.45, 2.75) is 12.7 Å². The lowest BCUT2D eigenvalue weighted by Gasteiger charge is -2.34. The molecule has 0 atom stereocenters. The molecule has 0 unspecified atom stereocenters. The van der Waals surface area contributed by atoms with Crippen LogP contribution in [0.25, 0.3) is 11.3 Å². The van der Waals surface area contributed by atoms with E-state index in [0.29, 0.717) is 32.1 Å². The number of alkyl halides is 3. The van der Waals surface area contributed by atoms with Gasteiger partial charge in [-0.25, -0.2) is 9.97 Å². The third-order valence-corrected chi connectivity index (χ3v) is 4.32. The van der Waals surface area contributed by atoms with E-state index in [4.69, 9.17) is 4.42 Å². The van der Waals surface area contributed by atoms with Crippen LogP contribution >= 0.6 is 0 Å². The van der Waals surface area contributed by atoms with Crippen molar-refractivity contribution in [3.8, 4) is 11.3 Å². The molecule has 0 bridgehead atoms. The summed E-state index contributed by atoms with van der Waals surface area (Å²) >= 11 is 0. The zero-order valence-electron chi connectivity index (χ0n) is 14.7. The number of anilines is 1.